The molecular formula is C8H13BrN2O2S2. The quantitative estimate of drug-likeness (QED) is 0.866. The van der Waals surface area contributed by atoms with Crippen LogP contribution >= 0.6 is 27.3 Å². The lowest BCUT2D eigenvalue weighted by molar-refractivity contribution is 0.573. The number of hydrogen-bond donors (Lipinski definition) is 1. The Labute approximate surface area is 102 Å². The van der Waals surface area contributed by atoms with Crippen LogP contribution in [0.4, 0.5) is 0 Å². The fourth-order valence-corrected chi connectivity index (χ4v) is 3.42. The number of rotatable bonds is 4. The molecule has 0 saturated heterocycles. The number of nitrogens with one attached hydrogen (secondary N) is 1. The van der Waals surface area contributed by atoms with Gasteiger partial charge in [-0.2, -0.15) is 0 Å². The molecule has 4 nitrogen and oxygen atoms in total. The number of nitrogens with zero attached hydrogens (tertiary/aromatic N) is 1. The Morgan fingerprint density at radius 2 is 2.13 bits per heavy atom. The van der Waals surface area contributed by atoms with Crippen LogP contribution in [0.3, 0.4) is 0 Å². The van der Waals surface area contributed by atoms with E-state index in [4.69, 9.17) is 0 Å². The monoisotopic (exact) mass is 312 g/mol. The summed E-state index contributed by atoms with van der Waals surface area (Å²) in [7, 11) is -3.23. The molecule has 7 heteroatoms. The topological polar surface area (TPSA) is 59.1 Å². The van der Waals surface area contributed by atoms with Crippen LogP contribution in [0, 0.1) is 13.8 Å². The zero-order valence-corrected chi connectivity index (χ0v) is 12.0. The molecule has 1 heterocycles. The molecule has 0 aromatic carbocycles. The maximum atomic E-state index is 11.3. The first-order chi connectivity index (χ1) is 6.85. The van der Waals surface area contributed by atoms with Gasteiger partial charge < -0.3 is 0 Å². The van der Waals surface area contributed by atoms with Gasteiger partial charge in [-0.15, -0.1) is 11.3 Å². The highest BCUT2D eigenvalue weighted by Gasteiger charge is 2.18. The van der Waals surface area contributed by atoms with Crippen LogP contribution in [-0.2, 0) is 10.0 Å². The summed E-state index contributed by atoms with van der Waals surface area (Å²) < 4.78 is 25.1. The van der Waals surface area contributed by atoms with Crippen molar-refractivity contribution in [3.05, 3.63) is 15.6 Å². The average Bonchev–Trinajstić information content (AvgIpc) is 2.45. The summed E-state index contributed by atoms with van der Waals surface area (Å²) in [5.74, 6) is 0. The van der Waals surface area contributed by atoms with E-state index in [2.05, 4.69) is 25.6 Å². The molecule has 0 aliphatic carbocycles. The predicted octanol–water partition coefficient (Wildman–Crippen LogP) is 2.09. The van der Waals surface area contributed by atoms with Gasteiger partial charge in [-0.3, -0.25) is 0 Å². The average molecular weight is 313 g/mol. The van der Waals surface area contributed by atoms with E-state index in [1.165, 1.54) is 11.3 Å². The zero-order chi connectivity index (χ0) is 11.6. The Balaban J connectivity index is 2.86. The number of aromatic nitrogens is 1. The number of aryl methyl sites for hydroxylation is 2. The molecule has 1 rings (SSSR count). The standard InChI is InChI=1S/C8H13BrN2O2S2/c1-5-8(14-7(3)10-5)6(2)11-15(12,13)4-9/h6,11H,4H2,1-3H3. The van der Waals surface area contributed by atoms with Crippen LogP contribution in [0.2, 0.25) is 0 Å². The highest BCUT2D eigenvalue weighted by atomic mass is 79.9. The molecule has 1 unspecified atom stereocenters. The molecule has 86 valence electrons. The molecule has 0 aliphatic heterocycles. The maximum Gasteiger partial charge on any atom is 0.222 e. The van der Waals surface area contributed by atoms with Gasteiger partial charge in [0.05, 0.1) is 16.7 Å². The zero-order valence-electron chi connectivity index (χ0n) is 8.74. The molecule has 1 aromatic heterocycles. The Morgan fingerprint density at radius 1 is 1.53 bits per heavy atom. The van der Waals surface area contributed by atoms with E-state index in [-0.39, 0.29) is 10.7 Å². The van der Waals surface area contributed by atoms with Gasteiger partial charge >= 0.3 is 0 Å². The summed E-state index contributed by atoms with van der Waals surface area (Å²) in [4.78, 5) is 5.23. The van der Waals surface area contributed by atoms with Gasteiger partial charge in [0.2, 0.25) is 10.0 Å². The molecule has 0 bridgehead atoms. The van der Waals surface area contributed by atoms with Crippen LogP contribution in [0.5, 0.6) is 0 Å². The molecule has 1 atom stereocenters. The summed E-state index contributed by atoms with van der Waals surface area (Å²) in [6.07, 6.45) is 0. The summed E-state index contributed by atoms with van der Waals surface area (Å²) in [5.41, 5.74) is 0.891. The van der Waals surface area contributed by atoms with Crippen molar-refractivity contribution in [1.29, 1.82) is 0 Å². The molecule has 1 N–H and O–H groups in total. The van der Waals surface area contributed by atoms with Gasteiger partial charge in [-0.1, -0.05) is 15.9 Å². The third-order valence-corrected chi connectivity index (χ3v) is 5.90. The maximum absolute atomic E-state index is 11.3. The van der Waals surface area contributed by atoms with E-state index < -0.39 is 10.0 Å². The summed E-state index contributed by atoms with van der Waals surface area (Å²) >= 11 is 4.45. The molecule has 0 radical (unpaired) electrons. The Hall–Kier alpha value is 0.0200. The lowest BCUT2D eigenvalue weighted by atomic mass is 10.2. The smallest absolute Gasteiger partial charge is 0.222 e. The number of halogens is 1. The number of sulfonamides is 1. The lowest BCUT2D eigenvalue weighted by Crippen LogP contribution is -2.27. The van der Waals surface area contributed by atoms with Crippen molar-refractivity contribution in [1.82, 2.24) is 9.71 Å². The van der Waals surface area contributed by atoms with E-state index in [1.54, 1.807) is 0 Å². The van der Waals surface area contributed by atoms with Crippen LogP contribution < -0.4 is 4.72 Å². The van der Waals surface area contributed by atoms with E-state index in [9.17, 15) is 8.42 Å². The van der Waals surface area contributed by atoms with Crippen molar-refractivity contribution in [2.75, 3.05) is 4.66 Å². The van der Waals surface area contributed by atoms with Crippen molar-refractivity contribution in [2.24, 2.45) is 0 Å². The second-order valence-corrected chi connectivity index (χ2v) is 7.54. The molecule has 0 aliphatic rings. The fourth-order valence-electron chi connectivity index (χ4n) is 1.30. The van der Waals surface area contributed by atoms with Gasteiger partial charge in [0.1, 0.15) is 4.66 Å². The lowest BCUT2D eigenvalue weighted by Gasteiger charge is -2.11. The minimum Gasteiger partial charge on any atom is -0.247 e. The van der Waals surface area contributed by atoms with E-state index in [0.717, 1.165) is 15.6 Å². The van der Waals surface area contributed by atoms with E-state index in [0.29, 0.717) is 0 Å². The summed E-state index contributed by atoms with van der Waals surface area (Å²) in [5, 5.41) is 0.951. The molecule has 0 saturated carbocycles. The minimum absolute atomic E-state index is 0.0822. The van der Waals surface area contributed by atoms with Crippen LogP contribution in [0.15, 0.2) is 0 Å². The normalized spacial score (nSPS) is 14.1. The SMILES string of the molecule is Cc1nc(C)c(C(C)NS(=O)(=O)CBr)s1. The Bertz CT molecular complexity index is 441. The Kier molecular flexibility index (Phi) is 4.28. The Morgan fingerprint density at radius 3 is 2.53 bits per heavy atom. The highest BCUT2D eigenvalue weighted by Crippen LogP contribution is 2.24. The third-order valence-electron chi connectivity index (χ3n) is 1.83. The van der Waals surface area contributed by atoms with Crippen molar-refractivity contribution in [3.63, 3.8) is 0 Å². The summed E-state index contributed by atoms with van der Waals surface area (Å²) in [6.45, 7) is 5.62. The molecule has 1 aromatic rings. The van der Waals surface area contributed by atoms with Gasteiger partial charge in [-0.25, -0.2) is 18.1 Å². The first-order valence-corrected chi connectivity index (χ1v) is 7.94. The second kappa shape index (κ2) is 4.90. The van der Waals surface area contributed by atoms with Gasteiger partial charge in [-0.05, 0) is 20.8 Å². The highest BCUT2D eigenvalue weighted by molar-refractivity contribution is 9.10. The van der Waals surface area contributed by atoms with Crippen molar-refractivity contribution in [2.45, 2.75) is 26.8 Å². The predicted molar refractivity (Wildman–Crippen MR) is 65.9 cm³/mol. The number of hydrogen-bond acceptors (Lipinski definition) is 4. The molecular weight excluding hydrogens is 300 g/mol. The van der Waals surface area contributed by atoms with Crippen LogP contribution in [0.25, 0.3) is 0 Å². The van der Waals surface area contributed by atoms with Crippen molar-refractivity contribution in [3.8, 4) is 0 Å². The third kappa shape index (κ3) is 3.51. The largest absolute Gasteiger partial charge is 0.247 e. The van der Waals surface area contributed by atoms with Crippen molar-refractivity contribution >= 4 is 37.3 Å². The fraction of sp³-hybridized carbons (Fsp3) is 0.625. The minimum atomic E-state index is -3.23. The number of thiazole rings is 1. The molecule has 0 fully saturated rings. The van der Waals surface area contributed by atoms with Crippen molar-refractivity contribution < 1.29 is 8.42 Å². The summed E-state index contributed by atoms with van der Waals surface area (Å²) in [6, 6.07) is -0.223. The van der Waals surface area contributed by atoms with Crippen LogP contribution in [-0.4, -0.2) is 18.1 Å². The first kappa shape index (κ1) is 13.1. The first-order valence-electron chi connectivity index (χ1n) is 4.35. The van der Waals surface area contributed by atoms with Gasteiger partial charge in [0, 0.05) is 4.88 Å². The van der Waals surface area contributed by atoms with Crippen LogP contribution in [0.1, 0.15) is 28.5 Å². The second-order valence-electron chi connectivity index (χ2n) is 3.25. The molecule has 0 spiro atoms. The molecule has 0 amide bonds. The van der Waals surface area contributed by atoms with E-state index in [1.807, 2.05) is 20.8 Å². The number of alkyl halides is 1. The molecule has 15 heavy (non-hydrogen) atoms. The van der Waals surface area contributed by atoms with E-state index >= 15 is 0 Å². The van der Waals surface area contributed by atoms with Gasteiger partial charge in [0.25, 0.3) is 0 Å². The van der Waals surface area contributed by atoms with Gasteiger partial charge in [0.15, 0.2) is 0 Å².